The van der Waals surface area contributed by atoms with E-state index in [2.05, 4.69) is 56.9 Å². The molecule has 0 saturated carbocycles. The summed E-state index contributed by atoms with van der Waals surface area (Å²) < 4.78 is 0. The molecule has 0 bridgehead atoms. The minimum atomic E-state index is -1.56. The van der Waals surface area contributed by atoms with E-state index in [-0.39, 0.29) is 5.92 Å². The second-order valence-electron chi connectivity index (χ2n) is 7.91. The molecule has 0 amide bonds. The summed E-state index contributed by atoms with van der Waals surface area (Å²) in [4.78, 5) is 13.2. The van der Waals surface area contributed by atoms with Gasteiger partial charge in [0.25, 0.3) is 0 Å². The molecule has 0 saturated heterocycles. The first-order valence-electron chi connectivity index (χ1n) is 8.34. The summed E-state index contributed by atoms with van der Waals surface area (Å²) in [5.41, 5.74) is 7.72. The van der Waals surface area contributed by atoms with Gasteiger partial charge in [0.05, 0.1) is 14.0 Å². The lowest BCUT2D eigenvalue weighted by Gasteiger charge is -2.38. The molecule has 0 radical (unpaired) electrons. The molecule has 0 N–H and O–H groups in total. The van der Waals surface area contributed by atoms with Gasteiger partial charge in [-0.05, 0) is 46.4 Å². The highest BCUT2D eigenvalue weighted by atomic mass is 28.3. The molecule has 23 heavy (non-hydrogen) atoms. The number of carbonyl (C=O) groups excluding carboxylic acids is 1. The van der Waals surface area contributed by atoms with E-state index >= 15 is 0 Å². The summed E-state index contributed by atoms with van der Waals surface area (Å²) in [5.74, 6) is 0.347. The third kappa shape index (κ3) is 2.01. The number of benzene rings is 2. The van der Waals surface area contributed by atoms with E-state index in [9.17, 15) is 4.79 Å². The Bertz CT molecular complexity index is 854. The van der Waals surface area contributed by atoms with Gasteiger partial charge in [0.2, 0.25) is 0 Å². The van der Waals surface area contributed by atoms with E-state index in [0.717, 1.165) is 11.1 Å². The van der Waals surface area contributed by atoms with Crippen LogP contribution >= 0.6 is 0 Å². The number of carbonyl (C=O) groups is 1. The maximum atomic E-state index is 13.2. The summed E-state index contributed by atoms with van der Waals surface area (Å²) in [6, 6.07) is 14.7. The van der Waals surface area contributed by atoms with Gasteiger partial charge >= 0.3 is 0 Å². The largest absolute Gasteiger partial charge is 0.293 e. The van der Waals surface area contributed by atoms with E-state index in [4.69, 9.17) is 0 Å². The molecular weight excluding hydrogens is 296 g/mol. The summed E-state index contributed by atoms with van der Waals surface area (Å²) >= 11 is 0. The van der Waals surface area contributed by atoms with Gasteiger partial charge in [-0.25, -0.2) is 0 Å². The zero-order valence-electron chi connectivity index (χ0n) is 14.2. The molecule has 116 valence electrons. The van der Waals surface area contributed by atoms with Crippen LogP contribution in [-0.4, -0.2) is 13.9 Å². The molecule has 2 aromatic carbocycles. The number of allylic oxidation sites excluding steroid dienone is 1. The van der Waals surface area contributed by atoms with E-state index in [1.807, 2.05) is 18.2 Å². The van der Waals surface area contributed by atoms with Crippen molar-refractivity contribution in [2.45, 2.75) is 32.1 Å². The highest BCUT2D eigenvalue weighted by Crippen LogP contribution is 2.52. The van der Waals surface area contributed by atoms with Gasteiger partial charge in [0, 0.05) is 5.56 Å². The SMILES string of the molecule is Cc1cccc2c1C=C1c3ccccc3C(=O)C1C2[Si](C)(C)C. The fourth-order valence-corrected chi connectivity index (χ4v) is 6.91. The fraction of sp³-hybridized carbons (Fsp3) is 0.286. The average Bonchev–Trinajstić information content (AvgIpc) is 2.78. The molecule has 0 fully saturated rings. The molecule has 2 atom stereocenters. The summed E-state index contributed by atoms with van der Waals surface area (Å²) in [5, 5.41) is 0. The Morgan fingerprint density at radius 2 is 1.61 bits per heavy atom. The smallest absolute Gasteiger partial charge is 0.171 e. The van der Waals surface area contributed by atoms with Gasteiger partial charge in [0.15, 0.2) is 5.78 Å². The first-order valence-corrected chi connectivity index (χ1v) is 11.9. The molecule has 0 aromatic heterocycles. The Hall–Kier alpha value is -1.93. The minimum absolute atomic E-state index is 0.0216. The Labute approximate surface area is 139 Å². The topological polar surface area (TPSA) is 17.1 Å². The number of aryl methyl sites for hydroxylation is 1. The molecule has 2 unspecified atom stereocenters. The Balaban J connectivity index is 2.04. The number of hydrogen-bond acceptors (Lipinski definition) is 1. The maximum absolute atomic E-state index is 13.2. The molecule has 0 aliphatic heterocycles. The second-order valence-corrected chi connectivity index (χ2v) is 13.3. The number of fused-ring (bicyclic) bond motifs is 4. The predicted molar refractivity (Wildman–Crippen MR) is 99.4 cm³/mol. The molecule has 2 aliphatic carbocycles. The van der Waals surface area contributed by atoms with Crippen LogP contribution < -0.4 is 0 Å². The zero-order valence-corrected chi connectivity index (χ0v) is 15.2. The number of ketones is 1. The van der Waals surface area contributed by atoms with Crippen LogP contribution in [0.25, 0.3) is 11.6 Å². The Morgan fingerprint density at radius 1 is 0.913 bits per heavy atom. The average molecular weight is 318 g/mol. The maximum Gasteiger partial charge on any atom is 0.171 e. The lowest BCUT2D eigenvalue weighted by Crippen LogP contribution is -2.40. The van der Waals surface area contributed by atoms with Gasteiger partial charge in [-0.15, -0.1) is 0 Å². The van der Waals surface area contributed by atoms with Crippen LogP contribution in [-0.2, 0) is 0 Å². The number of rotatable bonds is 1. The molecular formula is C21H22OSi. The number of Topliss-reactive ketones (excluding diaryl/α,β-unsaturated/α-hetero) is 1. The van der Waals surface area contributed by atoms with Crippen molar-refractivity contribution in [3.8, 4) is 0 Å². The molecule has 4 rings (SSSR count). The van der Waals surface area contributed by atoms with Crippen molar-refractivity contribution in [3.63, 3.8) is 0 Å². The van der Waals surface area contributed by atoms with Crippen molar-refractivity contribution >= 4 is 25.5 Å². The summed E-state index contributed by atoms with van der Waals surface area (Å²) in [6.45, 7) is 9.36. The van der Waals surface area contributed by atoms with Crippen molar-refractivity contribution < 1.29 is 4.79 Å². The molecule has 2 aromatic rings. The van der Waals surface area contributed by atoms with Crippen LogP contribution in [0.15, 0.2) is 42.5 Å². The van der Waals surface area contributed by atoms with Crippen LogP contribution in [0, 0.1) is 12.8 Å². The number of hydrogen-bond donors (Lipinski definition) is 0. The fourth-order valence-electron chi connectivity index (χ4n) is 4.40. The predicted octanol–water partition coefficient (Wildman–Crippen LogP) is 5.32. The standard InChI is InChI=1S/C21H22OSi/c1-13-8-7-11-16-17(13)12-18-14-9-5-6-10-15(14)20(22)19(18)21(16)23(2,3)4/h5-12,19,21H,1-4H3. The summed E-state index contributed by atoms with van der Waals surface area (Å²) in [6.07, 6.45) is 2.29. The first-order chi connectivity index (χ1) is 10.9. The van der Waals surface area contributed by atoms with E-state index in [0.29, 0.717) is 11.3 Å². The van der Waals surface area contributed by atoms with Crippen LogP contribution in [0.1, 0.15) is 38.2 Å². The van der Waals surface area contributed by atoms with Crippen molar-refractivity contribution in [2.24, 2.45) is 5.92 Å². The van der Waals surface area contributed by atoms with E-state index in [1.165, 1.54) is 22.3 Å². The quantitative estimate of drug-likeness (QED) is 0.650. The highest BCUT2D eigenvalue weighted by Gasteiger charge is 2.48. The van der Waals surface area contributed by atoms with Crippen LogP contribution in [0.2, 0.25) is 19.6 Å². The third-order valence-electron chi connectivity index (χ3n) is 5.38. The molecule has 0 heterocycles. The second kappa shape index (κ2) is 4.78. The monoisotopic (exact) mass is 318 g/mol. The normalized spacial score (nSPS) is 22.3. The molecule has 2 heteroatoms. The Kier molecular flexibility index (Phi) is 3.04. The van der Waals surface area contributed by atoms with E-state index in [1.54, 1.807) is 0 Å². The molecule has 1 nitrogen and oxygen atoms in total. The van der Waals surface area contributed by atoms with Gasteiger partial charge in [-0.1, -0.05) is 62.1 Å². The first kappa shape index (κ1) is 14.6. The van der Waals surface area contributed by atoms with Crippen LogP contribution in [0.5, 0.6) is 0 Å². The van der Waals surface area contributed by atoms with Gasteiger partial charge in [-0.3, -0.25) is 4.79 Å². The molecule has 0 spiro atoms. The van der Waals surface area contributed by atoms with Crippen molar-refractivity contribution in [1.29, 1.82) is 0 Å². The minimum Gasteiger partial charge on any atom is -0.293 e. The van der Waals surface area contributed by atoms with Gasteiger partial charge < -0.3 is 0 Å². The third-order valence-corrected chi connectivity index (χ3v) is 7.89. The zero-order chi connectivity index (χ0) is 16.4. The van der Waals surface area contributed by atoms with E-state index < -0.39 is 8.07 Å². The van der Waals surface area contributed by atoms with Crippen LogP contribution in [0.3, 0.4) is 0 Å². The van der Waals surface area contributed by atoms with Crippen LogP contribution in [0.4, 0.5) is 0 Å². The van der Waals surface area contributed by atoms with Crippen molar-refractivity contribution in [3.05, 3.63) is 70.3 Å². The molecule has 2 aliphatic rings. The Morgan fingerprint density at radius 3 is 2.30 bits per heavy atom. The van der Waals surface area contributed by atoms with Crippen molar-refractivity contribution in [1.82, 2.24) is 0 Å². The van der Waals surface area contributed by atoms with Gasteiger partial charge in [0.1, 0.15) is 0 Å². The van der Waals surface area contributed by atoms with Gasteiger partial charge in [-0.2, -0.15) is 0 Å². The lowest BCUT2D eigenvalue weighted by atomic mass is 9.81. The highest BCUT2D eigenvalue weighted by molar-refractivity contribution is 6.78. The lowest BCUT2D eigenvalue weighted by molar-refractivity contribution is 0.0954. The van der Waals surface area contributed by atoms with Crippen molar-refractivity contribution in [2.75, 3.05) is 0 Å². The summed E-state index contributed by atoms with van der Waals surface area (Å²) in [7, 11) is -1.56.